The van der Waals surface area contributed by atoms with Gasteiger partial charge in [0, 0.05) is 26.1 Å². The van der Waals surface area contributed by atoms with Crippen LogP contribution in [0.4, 0.5) is 4.79 Å². The number of carboxylic acids is 1. The first-order valence-corrected chi connectivity index (χ1v) is 8.28. The van der Waals surface area contributed by atoms with E-state index < -0.39 is 17.7 Å². The summed E-state index contributed by atoms with van der Waals surface area (Å²) in [6.07, 6.45) is -0.449. The Morgan fingerprint density at radius 2 is 2.00 bits per heavy atom. The Kier molecular flexibility index (Phi) is 5.86. The van der Waals surface area contributed by atoms with Gasteiger partial charge in [0.05, 0.1) is 29.9 Å². The van der Waals surface area contributed by atoms with Crippen LogP contribution < -0.4 is 0 Å². The number of aryl methyl sites for hydroxylation is 1. The van der Waals surface area contributed by atoms with Crippen molar-refractivity contribution in [2.45, 2.75) is 32.9 Å². The molecule has 1 aromatic heterocycles. The smallest absolute Gasteiger partial charge is 0.410 e. The molecular formula is C18H25N3O5. The highest BCUT2D eigenvalue weighted by atomic mass is 16.6. The van der Waals surface area contributed by atoms with Crippen molar-refractivity contribution >= 4 is 23.0 Å². The van der Waals surface area contributed by atoms with E-state index in [2.05, 4.69) is 5.10 Å². The van der Waals surface area contributed by atoms with Gasteiger partial charge in [-0.2, -0.15) is 5.10 Å². The molecule has 8 nitrogen and oxygen atoms in total. The van der Waals surface area contributed by atoms with Crippen LogP contribution >= 0.6 is 0 Å². The first-order chi connectivity index (χ1) is 12.1. The number of fused-ring (bicyclic) bond motifs is 1. The van der Waals surface area contributed by atoms with Crippen LogP contribution in [0, 0.1) is 0 Å². The summed E-state index contributed by atoms with van der Waals surface area (Å²) in [4.78, 5) is 25.2. The number of aromatic carboxylic acids is 1. The molecule has 2 rings (SSSR count). The number of hydrogen-bond acceptors (Lipinski definition) is 5. The van der Waals surface area contributed by atoms with Gasteiger partial charge in [-0.3, -0.25) is 9.58 Å². The zero-order valence-corrected chi connectivity index (χ0v) is 15.8. The molecule has 26 heavy (non-hydrogen) atoms. The van der Waals surface area contributed by atoms with Crippen molar-refractivity contribution in [2.24, 2.45) is 7.05 Å². The van der Waals surface area contributed by atoms with Gasteiger partial charge in [0.1, 0.15) is 5.60 Å². The molecule has 1 amide bonds. The molecule has 0 spiro atoms. The van der Waals surface area contributed by atoms with Crippen molar-refractivity contribution in [2.75, 3.05) is 20.3 Å². The van der Waals surface area contributed by atoms with Crippen LogP contribution in [0.25, 0.3) is 10.9 Å². The lowest BCUT2D eigenvalue weighted by atomic mass is 10.1. The second kappa shape index (κ2) is 7.74. The summed E-state index contributed by atoms with van der Waals surface area (Å²) in [6.45, 7) is 6.39. The molecule has 0 unspecified atom stereocenters. The minimum atomic E-state index is -0.995. The van der Waals surface area contributed by atoms with Crippen LogP contribution in [0.2, 0.25) is 0 Å². The monoisotopic (exact) mass is 363 g/mol. The molecule has 2 aromatic rings. The molecule has 0 aliphatic heterocycles. The van der Waals surface area contributed by atoms with E-state index in [1.54, 1.807) is 31.0 Å². The van der Waals surface area contributed by atoms with Crippen molar-refractivity contribution < 1.29 is 24.2 Å². The molecule has 8 heteroatoms. The molecule has 0 atom stereocenters. The highest BCUT2D eigenvalue weighted by molar-refractivity contribution is 5.94. The topological polar surface area (TPSA) is 93.9 Å². The average Bonchev–Trinajstić information content (AvgIpc) is 2.85. The predicted molar refractivity (Wildman–Crippen MR) is 96.2 cm³/mol. The lowest BCUT2D eigenvalue weighted by molar-refractivity contribution is 0.0182. The minimum absolute atomic E-state index is 0.190. The summed E-state index contributed by atoms with van der Waals surface area (Å²) in [5.74, 6) is -0.995. The Morgan fingerprint density at radius 1 is 1.31 bits per heavy atom. The van der Waals surface area contributed by atoms with Gasteiger partial charge < -0.3 is 14.6 Å². The third kappa shape index (κ3) is 4.72. The van der Waals surface area contributed by atoms with Crippen LogP contribution in [0.3, 0.4) is 0 Å². The number of rotatable bonds is 6. The van der Waals surface area contributed by atoms with E-state index in [1.807, 2.05) is 20.8 Å². The van der Waals surface area contributed by atoms with Crippen LogP contribution in [0.15, 0.2) is 18.2 Å². The number of carboxylic acid groups (broad SMARTS) is 1. The SMILES string of the molecule is COCCN(Cc1nn(C)c2cc(C(=O)O)ccc12)C(=O)OC(C)(C)C. The molecule has 1 aromatic carbocycles. The second-order valence-corrected chi connectivity index (χ2v) is 7.00. The largest absolute Gasteiger partial charge is 0.478 e. The average molecular weight is 363 g/mol. The van der Waals surface area contributed by atoms with Gasteiger partial charge in [-0.1, -0.05) is 0 Å². The fourth-order valence-corrected chi connectivity index (χ4v) is 2.53. The number of hydrogen-bond donors (Lipinski definition) is 1. The molecule has 1 N–H and O–H groups in total. The summed E-state index contributed by atoms with van der Waals surface area (Å²) in [5, 5.41) is 14.4. The van der Waals surface area contributed by atoms with Gasteiger partial charge >= 0.3 is 12.1 Å². The van der Waals surface area contributed by atoms with Crippen LogP contribution in [-0.2, 0) is 23.1 Å². The van der Waals surface area contributed by atoms with E-state index in [9.17, 15) is 9.59 Å². The lowest BCUT2D eigenvalue weighted by Gasteiger charge is -2.26. The molecule has 0 aliphatic carbocycles. The van der Waals surface area contributed by atoms with E-state index in [4.69, 9.17) is 14.6 Å². The van der Waals surface area contributed by atoms with E-state index in [1.165, 1.54) is 11.0 Å². The number of carbonyl (C=O) groups excluding carboxylic acids is 1. The lowest BCUT2D eigenvalue weighted by Crippen LogP contribution is -2.38. The molecule has 1 heterocycles. The van der Waals surface area contributed by atoms with Gasteiger partial charge in [-0.05, 0) is 39.0 Å². The highest BCUT2D eigenvalue weighted by Crippen LogP contribution is 2.22. The molecule has 0 saturated carbocycles. The number of carbonyl (C=O) groups is 2. The zero-order valence-electron chi connectivity index (χ0n) is 15.8. The Bertz CT molecular complexity index is 807. The third-order valence-corrected chi connectivity index (χ3v) is 3.73. The van der Waals surface area contributed by atoms with Crippen molar-refractivity contribution in [3.63, 3.8) is 0 Å². The van der Waals surface area contributed by atoms with Crippen LogP contribution in [0.1, 0.15) is 36.8 Å². The van der Waals surface area contributed by atoms with Gasteiger partial charge in [0.15, 0.2) is 0 Å². The van der Waals surface area contributed by atoms with Crippen molar-refractivity contribution in [1.82, 2.24) is 14.7 Å². The summed E-state index contributed by atoms with van der Waals surface area (Å²) in [7, 11) is 3.31. The van der Waals surface area contributed by atoms with Crippen molar-refractivity contribution in [3.05, 3.63) is 29.5 Å². The van der Waals surface area contributed by atoms with Crippen molar-refractivity contribution in [3.8, 4) is 0 Å². The number of amides is 1. The van der Waals surface area contributed by atoms with Gasteiger partial charge in [0.25, 0.3) is 0 Å². The van der Waals surface area contributed by atoms with Crippen LogP contribution in [0.5, 0.6) is 0 Å². The Balaban J connectivity index is 2.32. The summed E-state index contributed by atoms with van der Waals surface area (Å²) in [6, 6.07) is 4.81. The number of benzene rings is 1. The first kappa shape index (κ1) is 19.7. The summed E-state index contributed by atoms with van der Waals surface area (Å²) >= 11 is 0. The fourth-order valence-electron chi connectivity index (χ4n) is 2.53. The van der Waals surface area contributed by atoms with Gasteiger partial charge in [0.2, 0.25) is 0 Å². The zero-order chi connectivity index (χ0) is 19.5. The number of aromatic nitrogens is 2. The van der Waals surface area contributed by atoms with E-state index in [0.717, 1.165) is 5.39 Å². The number of nitrogens with zero attached hydrogens (tertiary/aromatic N) is 3. The number of methoxy groups -OCH3 is 1. The normalized spacial score (nSPS) is 11.6. The number of ether oxygens (including phenoxy) is 2. The second-order valence-electron chi connectivity index (χ2n) is 7.00. The first-order valence-electron chi connectivity index (χ1n) is 8.28. The molecular weight excluding hydrogens is 338 g/mol. The maximum atomic E-state index is 12.5. The summed E-state index contributed by atoms with van der Waals surface area (Å²) < 4.78 is 12.2. The third-order valence-electron chi connectivity index (χ3n) is 3.73. The van der Waals surface area contributed by atoms with Gasteiger partial charge in [-0.15, -0.1) is 0 Å². The molecule has 0 radical (unpaired) electrons. The Hall–Kier alpha value is -2.61. The van der Waals surface area contributed by atoms with Gasteiger partial charge in [-0.25, -0.2) is 9.59 Å². The molecule has 142 valence electrons. The predicted octanol–water partition coefficient (Wildman–Crippen LogP) is 2.66. The maximum absolute atomic E-state index is 12.5. The fraction of sp³-hybridized carbons (Fsp3) is 0.500. The standard InChI is InChI=1S/C18H25N3O5/c1-18(2,3)26-17(24)21(8-9-25-5)11-14-13-7-6-12(16(22)23)10-15(13)20(4)19-14/h6-7,10H,8-9,11H2,1-5H3,(H,22,23). The Labute approximate surface area is 152 Å². The summed E-state index contributed by atoms with van der Waals surface area (Å²) in [5.41, 5.74) is 0.943. The minimum Gasteiger partial charge on any atom is -0.478 e. The molecule has 0 aliphatic rings. The van der Waals surface area contributed by atoms with E-state index in [0.29, 0.717) is 24.4 Å². The highest BCUT2D eigenvalue weighted by Gasteiger charge is 2.24. The van der Waals surface area contributed by atoms with E-state index in [-0.39, 0.29) is 12.1 Å². The Morgan fingerprint density at radius 3 is 2.58 bits per heavy atom. The quantitative estimate of drug-likeness (QED) is 0.848. The van der Waals surface area contributed by atoms with E-state index >= 15 is 0 Å². The molecule has 0 saturated heterocycles. The maximum Gasteiger partial charge on any atom is 0.410 e. The molecule has 0 fully saturated rings. The molecule has 0 bridgehead atoms. The van der Waals surface area contributed by atoms with Crippen molar-refractivity contribution in [1.29, 1.82) is 0 Å². The van der Waals surface area contributed by atoms with Crippen LogP contribution in [-0.4, -0.2) is 57.7 Å².